The molecule has 0 bridgehead atoms. The van der Waals surface area contributed by atoms with E-state index < -0.39 is 0 Å². The van der Waals surface area contributed by atoms with Gasteiger partial charge in [0.1, 0.15) is 5.82 Å². The van der Waals surface area contributed by atoms with Gasteiger partial charge in [-0.2, -0.15) is 0 Å². The van der Waals surface area contributed by atoms with E-state index in [0.717, 1.165) is 17.0 Å². The monoisotopic (exact) mass is 485 g/mol. The number of aryl methyl sites for hydroxylation is 1. The molecule has 7 nitrogen and oxygen atoms in total. The molecule has 2 amide bonds. The first kappa shape index (κ1) is 24.2. The first-order valence-corrected chi connectivity index (χ1v) is 12.3. The van der Waals surface area contributed by atoms with E-state index in [0.29, 0.717) is 23.0 Å². The zero-order chi connectivity index (χ0) is 24.6. The summed E-state index contributed by atoms with van der Waals surface area (Å²) in [5, 5.41) is 14.9. The average molecular weight is 486 g/mol. The minimum absolute atomic E-state index is 0.142. The van der Waals surface area contributed by atoms with E-state index in [1.54, 1.807) is 24.3 Å². The summed E-state index contributed by atoms with van der Waals surface area (Å²) in [6, 6.07) is 26.6. The average Bonchev–Trinajstić information content (AvgIpc) is 3.23. The SMILES string of the molecule is Cc1nnc(SCC(=O)Nc2ccccc2C(=O)NC(C)c2ccccc2)n1Cc1ccccc1. The zero-order valence-corrected chi connectivity index (χ0v) is 20.5. The topological polar surface area (TPSA) is 88.9 Å². The van der Waals surface area contributed by atoms with Gasteiger partial charge in [-0.3, -0.25) is 9.59 Å². The van der Waals surface area contributed by atoms with E-state index in [1.807, 2.05) is 79.1 Å². The van der Waals surface area contributed by atoms with Gasteiger partial charge in [0.05, 0.1) is 29.6 Å². The van der Waals surface area contributed by atoms with Crippen LogP contribution < -0.4 is 10.6 Å². The summed E-state index contributed by atoms with van der Waals surface area (Å²) < 4.78 is 1.99. The van der Waals surface area contributed by atoms with Gasteiger partial charge in [0.15, 0.2) is 5.16 Å². The van der Waals surface area contributed by atoms with Crippen LogP contribution in [0.3, 0.4) is 0 Å². The van der Waals surface area contributed by atoms with Crippen molar-refractivity contribution in [1.82, 2.24) is 20.1 Å². The van der Waals surface area contributed by atoms with Crippen molar-refractivity contribution in [2.24, 2.45) is 0 Å². The van der Waals surface area contributed by atoms with Crippen molar-refractivity contribution in [2.45, 2.75) is 31.6 Å². The van der Waals surface area contributed by atoms with Crippen molar-refractivity contribution in [3.8, 4) is 0 Å². The van der Waals surface area contributed by atoms with E-state index in [2.05, 4.69) is 20.8 Å². The normalized spacial score (nSPS) is 11.6. The molecule has 1 heterocycles. The Morgan fingerprint density at radius 2 is 1.57 bits per heavy atom. The maximum atomic E-state index is 12.9. The first-order valence-electron chi connectivity index (χ1n) is 11.3. The number of benzene rings is 3. The van der Waals surface area contributed by atoms with Gasteiger partial charge in [0.2, 0.25) is 5.91 Å². The number of anilines is 1. The lowest BCUT2D eigenvalue weighted by atomic mass is 10.1. The molecule has 1 atom stereocenters. The fraction of sp³-hybridized carbons (Fsp3) is 0.185. The summed E-state index contributed by atoms with van der Waals surface area (Å²) in [6.07, 6.45) is 0. The summed E-state index contributed by atoms with van der Waals surface area (Å²) in [5.74, 6) is 0.455. The third kappa shape index (κ3) is 6.36. The van der Waals surface area contributed by atoms with Crippen LogP contribution in [0.1, 0.15) is 40.3 Å². The van der Waals surface area contributed by atoms with Gasteiger partial charge in [-0.05, 0) is 37.1 Å². The highest BCUT2D eigenvalue weighted by Gasteiger charge is 2.17. The number of rotatable bonds is 9. The summed E-state index contributed by atoms with van der Waals surface area (Å²) in [7, 11) is 0. The largest absolute Gasteiger partial charge is 0.345 e. The Kier molecular flexibility index (Phi) is 7.95. The molecule has 8 heteroatoms. The van der Waals surface area contributed by atoms with Gasteiger partial charge in [-0.25, -0.2) is 0 Å². The third-order valence-electron chi connectivity index (χ3n) is 5.51. The molecule has 2 N–H and O–H groups in total. The van der Waals surface area contributed by atoms with Gasteiger partial charge in [-0.15, -0.1) is 10.2 Å². The molecular weight excluding hydrogens is 458 g/mol. The molecule has 0 radical (unpaired) electrons. The maximum Gasteiger partial charge on any atom is 0.253 e. The second-order valence-corrected chi connectivity index (χ2v) is 9.03. The molecule has 0 aliphatic rings. The number of aromatic nitrogens is 3. The Bertz CT molecular complexity index is 1290. The van der Waals surface area contributed by atoms with Crippen LogP contribution in [0, 0.1) is 6.92 Å². The lowest BCUT2D eigenvalue weighted by molar-refractivity contribution is -0.113. The highest BCUT2D eigenvalue weighted by Crippen LogP contribution is 2.21. The molecule has 0 aliphatic carbocycles. The van der Waals surface area contributed by atoms with Crippen molar-refractivity contribution in [2.75, 3.05) is 11.1 Å². The Balaban J connectivity index is 1.39. The van der Waals surface area contributed by atoms with Gasteiger partial charge in [-0.1, -0.05) is 84.6 Å². The molecule has 0 saturated heterocycles. The zero-order valence-electron chi connectivity index (χ0n) is 19.6. The number of nitrogens with zero attached hydrogens (tertiary/aromatic N) is 3. The van der Waals surface area contributed by atoms with Crippen LogP contribution in [0.25, 0.3) is 0 Å². The van der Waals surface area contributed by atoms with Crippen molar-refractivity contribution >= 4 is 29.3 Å². The number of carbonyl (C=O) groups is 2. The smallest absolute Gasteiger partial charge is 0.253 e. The van der Waals surface area contributed by atoms with Gasteiger partial charge >= 0.3 is 0 Å². The quantitative estimate of drug-likeness (QED) is 0.331. The molecular formula is C27H27N5O2S. The van der Waals surface area contributed by atoms with Gasteiger partial charge < -0.3 is 15.2 Å². The van der Waals surface area contributed by atoms with Crippen LogP contribution in [0.15, 0.2) is 90.1 Å². The molecule has 4 aromatic rings. The van der Waals surface area contributed by atoms with Crippen LogP contribution in [0.5, 0.6) is 0 Å². The maximum absolute atomic E-state index is 12.9. The van der Waals surface area contributed by atoms with E-state index in [9.17, 15) is 9.59 Å². The number of hydrogen-bond donors (Lipinski definition) is 2. The first-order chi connectivity index (χ1) is 17.0. The fourth-order valence-corrected chi connectivity index (χ4v) is 4.41. The predicted molar refractivity (Wildman–Crippen MR) is 138 cm³/mol. The van der Waals surface area contributed by atoms with Crippen molar-refractivity contribution < 1.29 is 9.59 Å². The minimum atomic E-state index is -0.247. The number of para-hydroxylation sites is 1. The highest BCUT2D eigenvalue weighted by atomic mass is 32.2. The van der Waals surface area contributed by atoms with Crippen LogP contribution in [0.4, 0.5) is 5.69 Å². The third-order valence-corrected chi connectivity index (χ3v) is 6.48. The number of amides is 2. The molecule has 4 rings (SSSR count). The van der Waals surface area contributed by atoms with Crippen LogP contribution in [0.2, 0.25) is 0 Å². The van der Waals surface area contributed by atoms with Gasteiger partial charge in [0.25, 0.3) is 5.91 Å². The standard InChI is InChI=1S/C27H27N5O2S/c1-19(22-13-7-4-8-14-22)28-26(34)23-15-9-10-16-24(23)29-25(33)18-35-27-31-30-20(2)32(27)17-21-11-5-3-6-12-21/h3-16,19H,17-18H2,1-2H3,(H,28,34)(H,29,33). The molecule has 35 heavy (non-hydrogen) atoms. The van der Waals surface area contributed by atoms with Crippen LogP contribution in [-0.4, -0.2) is 32.3 Å². The second-order valence-electron chi connectivity index (χ2n) is 8.09. The number of carbonyl (C=O) groups excluding carboxylic acids is 2. The van der Waals surface area contributed by atoms with E-state index in [1.165, 1.54) is 11.8 Å². The molecule has 0 aliphatic heterocycles. The van der Waals surface area contributed by atoms with Crippen LogP contribution >= 0.6 is 11.8 Å². The van der Waals surface area contributed by atoms with Crippen molar-refractivity contribution in [1.29, 1.82) is 0 Å². The molecule has 0 saturated carbocycles. The Morgan fingerprint density at radius 3 is 2.31 bits per heavy atom. The minimum Gasteiger partial charge on any atom is -0.345 e. The summed E-state index contributed by atoms with van der Waals surface area (Å²) >= 11 is 1.31. The van der Waals surface area contributed by atoms with E-state index in [-0.39, 0.29) is 23.6 Å². The molecule has 1 unspecified atom stereocenters. The van der Waals surface area contributed by atoms with Crippen molar-refractivity contribution in [3.05, 3.63) is 107 Å². The number of thioether (sulfide) groups is 1. The van der Waals surface area contributed by atoms with Crippen molar-refractivity contribution in [3.63, 3.8) is 0 Å². The summed E-state index contributed by atoms with van der Waals surface area (Å²) in [6.45, 7) is 4.45. The molecule has 1 aromatic heterocycles. The van der Waals surface area contributed by atoms with Crippen LogP contribution in [-0.2, 0) is 11.3 Å². The Morgan fingerprint density at radius 1 is 0.914 bits per heavy atom. The molecule has 178 valence electrons. The lowest BCUT2D eigenvalue weighted by Gasteiger charge is -2.16. The lowest BCUT2D eigenvalue weighted by Crippen LogP contribution is -2.28. The second kappa shape index (κ2) is 11.5. The summed E-state index contributed by atoms with van der Waals surface area (Å²) in [5.41, 5.74) is 3.02. The van der Waals surface area contributed by atoms with E-state index >= 15 is 0 Å². The number of hydrogen-bond acceptors (Lipinski definition) is 5. The molecule has 0 fully saturated rings. The Labute approximate surface area is 209 Å². The predicted octanol–water partition coefficient (Wildman–Crippen LogP) is 4.86. The van der Waals surface area contributed by atoms with Gasteiger partial charge in [0, 0.05) is 0 Å². The number of nitrogens with one attached hydrogen (secondary N) is 2. The Hall–Kier alpha value is -3.91. The highest BCUT2D eigenvalue weighted by molar-refractivity contribution is 7.99. The molecule has 0 spiro atoms. The van der Waals surface area contributed by atoms with E-state index in [4.69, 9.17) is 0 Å². The molecule has 3 aromatic carbocycles. The fourth-order valence-electron chi connectivity index (χ4n) is 3.62. The summed E-state index contributed by atoms with van der Waals surface area (Å²) in [4.78, 5) is 25.7.